The van der Waals surface area contributed by atoms with Gasteiger partial charge in [-0.2, -0.15) is 0 Å². The first-order valence-electron chi connectivity index (χ1n) is 7.39. The molecule has 1 fully saturated rings. The summed E-state index contributed by atoms with van der Waals surface area (Å²) in [6.45, 7) is 5.09. The lowest BCUT2D eigenvalue weighted by Crippen LogP contribution is -2.26. The Morgan fingerprint density at radius 2 is 2.41 bits per heavy atom. The first-order chi connectivity index (χ1) is 10.6. The van der Waals surface area contributed by atoms with Gasteiger partial charge in [0.05, 0.1) is 31.0 Å². The van der Waals surface area contributed by atoms with Gasteiger partial charge < -0.3 is 9.47 Å². The summed E-state index contributed by atoms with van der Waals surface area (Å²) < 4.78 is 12.2. The van der Waals surface area contributed by atoms with E-state index in [9.17, 15) is 9.59 Å². The first kappa shape index (κ1) is 15.2. The number of aromatic nitrogens is 2. The van der Waals surface area contributed by atoms with Crippen LogP contribution in [0.4, 0.5) is 0 Å². The van der Waals surface area contributed by atoms with E-state index < -0.39 is 5.97 Å². The van der Waals surface area contributed by atoms with Gasteiger partial charge in [0.25, 0.3) is 5.56 Å². The van der Waals surface area contributed by atoms with Crippen molar-refractivity contribution in [2.45, 2.75) is 39.3 Å². The maximum Gasteiger partial charge on any atom is 0.348 e. The summed E-state index contributed by atoms with van der Waals surface area (Å²) in [6, 6.07) is 0. The smallest absolute Gasteiger partial charge is 0.348 e. The number of hydrogen-bond acceptors (Lipinski definition) is 6. The van der Waals surface area contributed by atoms with Crippen molar-refractivity contribution >= 4 is 27.5 Å². The highest BCUT2D eigenvalue weighted by Crippen LogP contribution is 2.27. The highest BCUT2D eigenvalue weighted by molar-refractivity contribution is 7.20. The fraction of sp³-hybridized carbons (Fsp3) is 0.533. The molecular weight excluding hydrogens is 304 g/mol. The van der Waals surface area contributed by atoms with E-state index >= 15 is 0 Å². The Morgan fingerprint density at radius 1 is 1.59 bits per heavy atom. The van der Waals surface area contributed by atoms with E-state index in [1.807, 2.05) is 0 Å². The van der Waals surface area contributed by atoms with Gasteiger partial charge in [-0.3, -0.25) is 9.36 Å². The van der Waals surface area contributed by atoms with E-state index in [2.05, 4.69) is 4.98 Å². The number of rotatable bonds is 4. The number of ether oxygens (including phenoxy) is 2. The SMILES string of the molecule is CCOC(=O)c1sc2ncn(CC3CCCO3)c(=O)c2c1C. The number of esters is 1. The van der Waals surface area contributed by atoms with Gasteiger partial charge in [0.1, 0.15) is 9.71 Å². The van der Waals surface area contributed by atoms with Crippen molar-refractivity contribution in [3.63, 3.8) is 0 Å². The molecule has 0 saturated carbocycles. The van der Waals surface area contributed by atoms with Crippen molar-refractivity contribution in [2.75, 3.05) is 13.2 Å². The number of aryl methyl sites for hydroxylation is 1. The molecule has 0 spiro atoms. The molecule has 22 heavy (non-hydrogen) atoms. The predicted octanol–water partition coefficient (Wildman–Crippen LogP) is 2.12. The quantitative estimate of drug-likeness (QED) is 0.806. The molecule has 2 aromatic rings. The zero-order valence-electron chi connectivity index (χ0n) is 12.6. The van der Waals surface area contributed by atoms with Crippen molar-refractivity contribution in [1.82, 2.24) is 9.55 Å². The minimum Gasteiger partial charge on any atom is -0.462 e. The molecule has 1 saturated heterocycles. The molecule has 0 N–H and O–H groups in total. The average Bonchev–Trinajstić information content (AvgIpc) is 3.10. The Bertz CT molecular complexity index is 759. The molecule has 1 unspecified atom stereocenters. The molecule has 0 amide bonds. The molecule has 6 nitrogen and oxygen atoms in total. The molecule has 0 bridgehead atoms. The molecule has 118 valence electrons. The Labute approximate surface area is 131 Å². The Morgan fingerprint density at radius 3 is 3.09 bits per heavy atom. The summed E-state index contributed by atoms with van der Waals surface area (Å²) >= 11 is 1.21. The van der Waals surface area contributed by atoms with Gasteiger partial charge in [0.2, 0.25) is 0 Å². The van der Waals surface area contributed by atoms with Crippen molar-refractivity contribution in [3.05, 3.63) is 27.1 Å². The van der Waals surface area contributed by atoms with Crippen LogP contribution in [0.5, 0.6) is 0 Å². The van der Waals surface area contributed by atoms with Gasteiger partial charge >= 0.3 is 5.97 Å². The maximum absolute atomic E-state index is 12.7. The van der Waals surface area contributed by atoms with Crippen LogP contribution < -0.4 is 5.56 Å². The molecule has 1 aliphatic rings. The van der Waals surface area contributed by atoms with Crippen LogP contribution in [0.25, 0.3) is 10.2 Å². The monoisotopic (exact) mass is 322 g/mol. The molecule has 7 heteroatoms. The molecule has 3 rings (SSSR count). The van der Waals surface area contributed by atoms with Crippen molar-refractivity contribution in [3.8, 4) is 0 Å². The molecular formula is C15H18N2O4S. The first-order valence-corrected chi connectivity index (χ1v) is 8.20. The summed E-state index contributed by atoms with van der Waals surface area (Å²) in [5.41, 5.74) is 0.530. The number of nitrogens with zero attached hydrogens (tertiary/aromatic N) is 2. The second-order valence-electron chi connectivity index (χ2n) is 5.29. The highest BCUT2D eigenvalue weighted by Gasteiger charge is 2.22. The van der Waals surface area contributed by atoms with Gasteiger partial charge in [-0.15, -0.1) is 11.3 Å². The van der Waals surface area contributed by atoms with Crippen LogP contribution in [-0.2, 0) is 16.0 Å². The Kier molecular flexibility index (Phi) is 4.26. The van der Waals surface area contributed by atoms with E-state index in [4.69, 9.17) is 9.47 Å². The fourth-order valence-electron chi connectivity index (χ4n) is 2.69. The second-order valence-corrected chi connectivity index (χ2v) is 6.29. The van der Waals surface area contributed by atoms with Gasteiger partial charge in [-0.25, -0.2) is 9.78 Å². The number of fused-ring (bicyclic) bond motifs is 1. The van der Waals surface area contributed by atoms with Gasteiger partial charge in [-0.1, -0.05) is 0 Å². The standard InChI is InChI=1S/C15H18N2O4S/c1-3-20-15(19)12-9(2)11-13(22-12)16-8-17(14(11)18)7-10-5-4-6-21-10/h8,10H,3-7H2,1-2H3. The number of hydrogen-bond donors (Lipinski definition) is 0. The van der Waals surface area contributed by atoms with E-state index in [0.717, 1.165) is 19.4 Å². The van der Waals surface area contributed by atoms with Crippen LogP contribution in [0, 0.1) is 6.92 Å². The molecule has 2 aromatic heterocycles. The van der Waals surface area contributed by atoms with E-state index in [1.165, 1.54) is 17.7 Å². The van der Waals surface area contributed by atoms with Crippen LogP contribution in [0.2, 0.25) is 0 Å². The van der Waals surface area contributed by atoms with Crippen molar-refractivity contribution in [2.24, 2.45) is 0 Å². The third-order valence-corrected chi connectivity index (χ3v) is 4.98. The van der Waals surface area contributed by atoms with Crippen LogP contribution in [0.15, 0.2) is 11.1 Å². The van der Waals surface area contributed by atoms with Gasteiger partial charge in [0.15, 0.2) is 0 Å². The third-order valence-electron chi connectivity index (χ3n) is 3.80. The zero-order chi connectivity index (χ0) is 15.7. The Balaban J connectivity index is 2.01. The summed E-state index contributed by atoms with van der Waals surface area (Å²) in [6.07, 6.45) is 3.60. The third kappa shape index (κ3) is 2.66. The lowest BCUT2D eigenvalue weighted by molar-refractivity contribution is 0.0531. The van der Waals surface area contributed by atoms with Crippen LogP contribution in [0.3, 0.4) is 0 Å². The largest absolute Gasteiger partial charge is 0.462 e. The van der Waals surface area contributed by atoms with E-state index in [0.29, 0.717) is 33.8 Å². The summed E-state index contributed by atoms with van der Waals surface area (Å²) in [7, 11) is 0. The van der Waals surface area contributed by atoms with E-state index in [-0.39, 0.29) is 11.7 Å². The fourth-order valence-corrected chi connectivity index (χ4v) is 3.72. The minimum absolute atomic E-state index is 0.0698. The summed E-state index contributed by atoms with van der Waals surface area (Å²) in [5.74, 6) is -0.395. The maximum atomic E-state index is 12.7. The zero-order valence-corrected chi connectivity index (χ0v) is 13.4. The average molecular weight is 322 g/mol. The number of thiophene rings is 1. The van der Waals surface area contributed by atoms with Crippen molar-refractivity contribution in [1.29, 1.82) is 0 Å². The van der Waals surface area contributed by atoms with Crippen LogP contribution >= 0.6 is 11.3 Å². The number of carbonyl (C=O) groups is 1. The molecule has 1 atom stereocenters. The van der Waals surface area contributed by atoms with Crippen LogP contribution in [-0.4, -0.2) is 34.8 Å². The molecule has 3 heterocycles. The van der Waals surface area contributed by atoms with Gasteiger partial charge in [-0.05, 0) is 32.3 Å². The second kappa shape index (κ2) is 6.18. The van der Waals surface area contributed by atoms with E-state index in [1.54, 1.807) is 18.4 Å². The minimum atomic E-state index is -0.395. The molecule has 0 aromatic carbocycles. The number of carbonyl (C=O) groups excluding carboxylic acids is 1. The molecule has 0 radical (unpaired) electrons. The summed E-state index contributed by atoms with van der Waals surface area (Å²) in [4.78, 5) is 30.0. The highest BCUT2D eigenvalue weighted by atomic mass is 32.1. The molecule has 1 aliphatic heterocycles. The lowest BCUT2D eigenvalue weighted by atomic mass is 10.2. The predicted molar refractivity (Wildman–Crippen MR) is 83.5 cm³/mol. The molecule has 0 aliphatic carbocycles. The van der Waals surface area contributed by atoms with Crippen LogP contribution in [0.1, 0.15) is 35.0 Å². The summed E-state index contributed by atoms with van der Waals surface area (Å²) in [5, 5.41) is 0.508. The van der Waals surface area contributed by atoms with Crippen molar-refractivity contribution < 1.29 is 14.3 Å². The normalized spacial score (nSPS) is 18.0. The Hall–Kier alpha value is -1.73. The lowest BCUT2D eigenvalue weighted by Gasteiger charge is -2.11. The van der Waals surface area contributed by atoms with Gasteiger partial charge in [0, 0.05) is 6.61 Å². The topological polar surface area (TPSA) is 70.4 Å².